The van der Waals surface area contributed by atoms with Gasteiger partial charge < -0.3 is 15.4 Å². The lowest BCUT2D eigenvalue weighted by molar-refractivity contribution is -0.126. The summed E-state index contributed by atoms with van der Waals surface area (Å²) in [6.07, 6.45) is 7.18. The van der Waals surface area contributed by atoms with Crippen LogP contribution in [-0.4, -0.2) is 63.3 Å². The Morgan fingerprint density at radius 2 is 1.86 bits per heavy atom. The Labute approximate surface area is 135 Å². The molecule has 2 rings (SSSR count). The van der Waals surface area contributed by atoms with Gasteiger partial charge in [0.1, 0.15) is 0 Å². The van der Waals surface area contributed by atoms with Gasteiger partial charge in [0.15, 0.2) is 0 Å². The summed E-state index contributed by atoms with van der Waals surface area (Å²) >= 11 is 0. The van der Waals surface area contributed by atoms with Gasteiger partial charge in [0, 0.05) is 19.1 Å². The molecule has 1 unspecified atom stereocenters. The molecule has 0 aromatic heterocycles. The van der Waals surface area contributed by atoms with Crippen molar-refractivity contribution in [2.45, 2.75) is 51.5 Å². The van der Waals surface area contributed by atoms with Gasteiger partial charge in [-0.2, -0.15) is 0 Å². The van der Waals surface area contributed by atoms with E-state index in [4.69, 9.17) is 4.74 Å². The van der Waals surface area contributed by atoms with E-state index in [-0.39, 0.29) is 17.4 Å². The van der Waals surface area contributed by atoms with Crippen LogP contribution in [0.2, 0.25) is 0 Å². The van der Waals surface area contributed by atoms with Crippen LogP contribution >= 0.6 is 0 Å². The highest BCUT2D eigenvalue weighted by Gasteiger charge is 2.33. The molecular weight excluding hydrogens is 278 g/mol. The van der Waals surface area contributed by atoms with Gasteiger partial charge in [-0.15, -0.1) is 0 Å². The molecule has 2 fully saturated rings. The van der Waals surface area contributed by atoms with Crippen LogP contribution in [0.25, 0.3) is 0 Å². The van der Waals surface area contributed by atoms with Gasteiger partial charge in [-0.25, -0.2) is 0 Å². The molecule has 5 nitrogen and oxygen atoms in total. The predicted molar refractivity (Wildman–Crippen MR) is 88.9 cm³/mol. The maximum Gasteiger partial charge on any atom is 0.237 e. The Hall–Kier alpha value is -0.650. The topological polar surface area (TPSA) is 53.6 Å². The minimum atomic E-state index is -0.0144. The molecule has 0 bridgehead atoms. The first-order chi connectivity index (χ1) is 10.7. The van der Waals surface area contributed by atoms with E-state index in [9.17, 15) is 4.79 Å². The van der Waals surface area contributed by atoms with Gasteiger partial charge in [0.25, 0.3) is 0 Å². The number of methoxy groups -OCH3 is 1. The zero-order valence-corrected chi connectivity index (χ0v) is 14.3. The molecule has 1 amide bonds. The van der Waals surface area contributed by atoms with Gasteiger partial charge in [-0.1, -0.05) is 12.8 Å². The van der Waals surface area contributed by atoms with Crippen molar-refractivity contribution in [2.24, 2.45) is 5.41 Å². The summed E-state index contributed by atoms with van der Waals surface area (Å²) in [4.78, 5) is 14.9. The van der Waals surface area contributed by atoms with Crippen LogP contribution in [0.5, 0.6) is 0 Å². The van der Waals surface area contributed by atoms with E-state index in [1.165, 1.54) is 25.7 Å². The molecule has 1 atom stereocenters. The Bertz CT molecular complexity index is 329. The number of hydrogen-bond acceptors (Lipinski definition) is 4. The number of nitrogens with one attached hydrogen (secondary N) is 2. The molecule has 128 valence electrons. The molecule has 22 heavy (non-hydrogen) atoms. The molecule has 2 heterocycles. The molecule has 5 heteroatoms. The molecule has 0 radical (unpaired) electrons. The number of ether oxygens (including phenoxy) is 1. The van der Waals surface area contributed by atoms with Crippen LogP contribution in [-0.2, 0) is 9.53 Å². The van der Waals surface area contributed by atoms with E-state index in [1.54, 1.807) is 7.11 Å². The number of hydrogen-bond donors (Lipinski definition) is 2. The summed E-state index contributed by atoms with van der Waals surface area (Å²) in [5.74, 6) is 0.177. The Morgan fingerprint density at radius 1 is 1.23 bits per heavy atom. The van der Waals surface area contributed by atoms with E-state index in [2.05, 4.69) is 15.5 Å². The third kappa shape index (κ3) is 4.93. The number of rotatable bonds is 6. The zero-order chi connectivity index (χ0) is 15.8. The van der Waals surface area contributed by atoms with E-state index >= 15 is 0 Å². The number of carbonyl (C=O) groups excluding carboxylic acids is 1. The fourth-order valence-corrected chi connectivity index (χ4v) is 3.71. The second kappa shape index (κ2) is 8.85. The van der Waals surface area contributed by atoms with Gasteiger partial charge in [0.2, 0.25) is 5.91 Å². The molecule has 0 aromatic carbocycles. The van der Waals surface area contributed by atoms with Crippen molar-refractivity contribution >= 4 is 5.91 Å². The summed E-state index contributed by atoms with van der Waals surface area (Å²) < 4.78 is 5.42. The van der Waals surface area contributed by atoms with Crippen molar-refractivity contribution in [3.63, 3.8) is 0 Å². The average Bonchev–Trinajstić information content (AvgIpc) is 2.82. The first kappa shape index (κ1) is 17.7. The zero-order valence-electron chi connectivity index (χ0n) is 14.3. The SMILES string of the molecule is COCC1(CNC(=O)C(C)N2CCCCCC2)CCNCC1. The lowest BCUT2D eigenvalue weighted by Gasteiger charge is -2.38. The minimum Gasteiger partial charge on any atom is -0.384 e. The van der Waals surface area contributed by atoms with Gasteiger partial charge >= 0.3 is 0 Å². The number of piperidine rings is 1. The van der Waals surface area contributed by atoms with E-state index in [1.807, 2.05) is 6.92 Å². The van der Waals surface area contributed by atoms with Gasteiger partial charge in [-0.05, 0) is 58.8 Å². The summed E-state index contributed by atoms with van der Waals surface area (Å²) in [5.41, 5.74) is 0.105. The maximum atomic E-state index is 12.5. The Balaban J connectivity index is 1.84. The van der Waals surface area contributed by atoms with Crippen molar-refractivity contribution in [1.82, 2.24) is 15.5 Å². The molecule has 2 aliphatic heterocycles. The molecular formula is C17H33N3O2. The highest BCUT2D eigenvalue weighted by atomic mass is 16.5. The van der Waals surface area contributed by atoms with Crippen molar-refractivity contribution in [2.75, 3.05) is 46.4 Å². The first-order valence-electron chi connectivity index (χ1n) is 8.88. The maximum absolute atomic E-state index is 12.5. The third-order valence-electron chi connectivity index (χ3n) is 5.32. The Morgan fingerprint density at radius 3 is 2.45 bits per heavy atom. The van der Waals surface area contributed by atoms with Crippen molar-refractivity contribution in [3.05, 3.63) is 0 Å². The highest BCUT2D eigenvalue weighted by Crippen LogP contribution is 2.28. The van der Waals surface area contributed by atoms with E-state index < -0.39 is 0 Å². The van der Waals surface area contributed by atoms with Crippen molar-refractivity contribution in [3.8, 4) is 0 Å². The lowest BCUT2D eigenvalue weighted by Crippen LogP contribution is -2.51. The quantitative estimate of drug-likeness (QED) is 0.778. The molecule has 2 N–H and O–H groups in total. The van der Waals surface area contributed by atoms with Crippen molar-refractivity contribution < 1.29 is 9.53 Å². The number of nitrogens with zero attached hydrogens (tertiary/aromatic N) is 1. The second-order valence-electron chi connectivity index (χ2n) is 7.03. The monoisotopic (exact) mass is 311 g/mol. The molecule has 0 aromatic rings. The van der Waals surface area contributed by atoms with Crippen molar-refractivity contribution in [1.29, 1.82) is 0 Å². The second-order valence-corrected chi connectivity index (χ2v) is 7.03. The van der Waals surface area contributed by atoms with E-state index in [0.29, 0.717) is 0 Å². The number of carbonyl (C=O) groups is 1. The third-order valence-corrected chi connectivity index (χ3v) is 5.32. The van der Waals surface area contributed by atoms with Crippen LogP contribution in [0.3, 0.4) is 0 Å². The van der Waals surface area contributed by atoms with Crippen LogP contribution in [0.1, 0.15) is 45.4 Å². The normalized spacial score (nSPS) is 24.5. The summed E-state index contributed by atoms with van der Waals surface area (Å²) in [7, 11) is 1.76. The first-order valence-corrected chi connectivity index (χ1v) is 8.88. The smallest absolute Gasteiger partial charge is 0.237 e. The summed E-state index contributed by atoms with van der Waals surface area (Å²) in [6.45, 7) is 7.66. The number of amides is 1. The highest BCUT2D eigenvalue weighted by molar-refractivity contribution is 5.81. The van der Waals surface area contributed by atoms with Crippen LogP contribution in [0.15, 0.2) is 0 Å². The van der Waals surface area contributed by atoms with Crippen LogP contribution < -0.4 is 10.6 Å². The average molecular weight is 311 g/mol. The lowest BCUT2D eigenvalue weighted by atomic mass is 9.79. The fraction of sp³-hybridized carbons (Fsp3) is 0.941. The molecule has 2 aliphatic rings. The predicted octanol–water partition coefficient (Wildman–Crippen LogP) is 1.38. The Kier molecular flexibility index (Phi) is 7.12. The number of likely N-dealkylation sites (tertiary alicyclic amines) is 1. The van der Waals surface area contributed by atoms with E-state index in [0.717, 1.165) is 52.2 Å². The van der Waals surface area contributed by atoms with Crippen LogP contribution in [0.4, 0.5) is 0 Å². The van der Waals surface area contributed by atoms with Gasteiger partial charge in [-0.3, -0.25) is 9.69 Å². The molecule has 0 saturated carbocycles. The van der Waals surface area contributed by atoms with Crippen LogP contribution in [0, 0.1) is 5.41 Å². The standard InChI is InChI=1S/C17H33N3O2/c1-15(20-11-5-3-4-6-12-20)16(21)19-13-17(14-22-2)7-9-18-10-8-17/h15,18H,3-14H2,1-2H3,(H,19,21). The van der Waals surface area contributed by atoms with Gasteiger partial charge in [0.05, 0.1) is 12.6 Å². The molecule has 0 spiro atoms. The molecule has 0 aliphatic carbocycles. The fourth-order valence-electron chi connectivity index (χ4n) is 3.71. The summed E-state index contributed by atoms with van der Waals surface area (Å²) in [5, 5.41) is 6.60. The summed E-state index contributed by atoms with van der Waals surface area (Å²) in [6, 6.07) is -0.0144. The largest absolute Gasteiger partial charge is 0.384 e. The minimum absolute atomic E-state index is 0.0144. The molecule has 2 saturated heterocycles.